The molecule has 1 aromatic heterocycles. The number of hydrogen-bond acceptors (Lipinski definition) is 5. The average molecular weight is 446 g/mol. The Morgan fingerprint density at radius 2 is 1.84 bits per heavy atom. The van der Waals surface area contributed by atoms with Gasteiger partial charge in [-0.25, -0.2) is 4.98 Å². The molecule has 1 heterocycles. The maximum Gasteiger partial charge on any atom is 0.266 e. The minimum Gasteiger partial charge on any atom is -0.494 e. The van der Waals surface area contributed by atoms with Gasteiger partial charge < -0.3 is 10.1 Å². The number of aromatic nitrogens is 2. The molecule has 6 nitrogen and oxygen atoms in total. The standard InChI is InChI=1S/C25H23N3O3S/c1-3-31-20-13-11-18(12-14-20)26-23(29)16-32-25-27-22-10-5-4-9-21(22)24(30)28(25)19-8-6-7-17(2)15-19/h4-15H,3,16H2,1-2H3,(H,26,29). The van der Waals surface area contributed by atoms with Gasteiger partial charge in [0.1, 0.15) is 5.75 Å². The Labute approximate surface area is 190 Å². The summed E-state index contributed by atoms with van der Waals surface area (Å²) in [4.78, 5) is 30.5. The van der Waals surface area contributed by atoms with Crippen LogP contribution < -0.4 is 15.6 Å². The lowest BCUT2D eigenvalue weighted by atomic mass is 10.2. The molecule has 0 saturated heterocycles. The second kappa shape index (κ2) is 9.70. The molecule has 0 atom stereocenters. The number of fused-ring (bicyclic) bond motifs is 1. The summed E-state index contributed by atoms with van der Waals surface area (Å²) < 4.78 is 7.00. The highest BCUT2D eigenvalue weighted by atomic mass is 32.2. The van der Waals surface area contributed by atoms with Gasteiger partial charge in [-0.2, -0.15) is 0 Å². The Kier molecular flexibility index (Phi) is 6.56. The van der Waals surface area contributed by atoms with Crippen LogP contribution in [0.15, 0.2) is 82.7 Å². The second-order valence-electron chi connectivity index (χ2n) is 7.19. The van der Waals surface area contributed by atoms with Crippen molar-refractivity contribution in [2.45, 2.75) is 19.0 Å². The van der Waals surface area contributed by atoms with Gasteiger partial charge in [-0.05, 0) is 67.9 Å². The third kappa shape index (κ3) is 4.84. The summed E-state index contributed by atoms with van der Waals surface area (Å²) >= 11 is 1.23. The monoisotopic (exact) mass is 445 g/mol. The van der Waals surface area contributed by atoms with Gasteiger partial charge in [0.25, 0.3) is 5.56 Å². The van der Waals surface area contributed by atoms with E-state index in [9.17, 15) is 9.59 Å². The number of nitrogens with zero attached hydrogens (tertiary/aromatic N) is 2. The molecule has 3 aromatic carbocycles. The van der Waals surface area contributed by atoms with Crippen LogP contribution in [0.5, 0.6) is 5.75 Å². The predicted octanol–water partition coefficient (Wildman–Crippen LogP) is 4.82. The van der Waals surface area contributed by atoms with E-state index >= 15 is 0 Å². The Hall–Kier alpha value is -3.58. The van der Waals surface area contributed by atoms with Crippen molar-refractivity contribution in [3.63, 3.8) is 0 Å². The molecule has 1 amide bonds. The van der Waals surface area contributed by atoms with Crippen molar-refractivity contribution in [3.8, 4) is 11.4 Å². The van der Waals surface area contributed by atoms with Crippen molar-refractivity contribution in [1.29, 1.82) is 0 Å². The first-order chi connectivity index (χ1) is 15.5. The number of thioether (sulfide) groups is 1. The Balaban J connectivity index is 1.60. The van der Waals surface area contributed by atoms with Gasteiger partial charge in [-0.3, -0.25) is 14.2 Å². The number of carbonyl (C=O) groups excluding carboxylic acids is 1. The third-order valence-corrected chi connectivity index (χ3v) is 5.72. The zero-order valence-corrected chi connectivity index (χ0v) is 18.7. The summed E-state index contributed by atoms with van der Waals surface area (Å²) in [7, 11) is 0. The summed E-state index contributed by atoms with van der Waals surface area (Å²) in [5.74, 6) is 0.684. The highest BCUT2D eigenvalue weighted by Crippen LogP contribution is 2.22. The molecule has 0 aliphatic carbocycles. The van der Waals surface area contributed by atoms with Crippen LogP contribution in [0.4, 0.5) is 5.69 Å². The smallest absolute Gasteiger partial charge is 0.266 e. The minimum atomic E-state index is -0.183. The number of ether oxygens (including phenoxy) is 1. The largest absolute Gasteiger partial charge is 0.494 e. The lowest BCUT2D eigenvalue weighted by Gasteiger charge is -2.14. The molecule has 0 aliphatic heterocycles. The first-order valence-electron chi connectivity index (χ1n) is 10.3. The summed E-state index contributed by atoms with van der Waals surface area (Å²) in [6, 6.07) is 22.1. The molecule has 0 aliphatic rings. The molecule has 32 heavy (non-hydrogen) atoms. The molecular weight excluding hydrogens is 422 g/mol. The van der Waals surface area contributed by atoms with E-state index in [2.05, 4.69) is 10.3 Å². The normalized spacial score (nSPS) is 10.8. The van der Waals surface area contributed by atoms with Crippen molar-refractivity contribution >= 4 is 34.3 Å². The number of hydrogen-bond donors (Lipinski definition) is 1. The predicted molar refractivity (Wildman–Crippen MR) is 129 cm³/mol. The number of aryl methyl sites for hydroxylation is 1. The second-order valence-corrected chi connectivity index (χ2v) is 8.13. The molecule has 4 aromatic rings. The van der Waals surface area contributed by atoms with Crippen LogP contribution in [0.25, 0.3) is 16.6 Å². The SMILES string of the molecule is CCOc1ccc(NC(=O)CSc2nc3ccccc3c(=O)n2-c2cccc(C)c2)cc1. The van der Waals surface area contributed by atoms with E-state index in [4.69, 9.17) is 4.74 Å². The third-order valence-electron chi connectivity index (χ3n) is 4.79. The number of benzene rings is 3. The number of amides is 1. The van der Waals surface area contributed by atoms with Crippen LogP contribution in [0.1, 0.15) is 12.5 Å². The summed E-state index contributed by atoms with van der Waals surface area (Å²) in [6.07, 6.45) is 0. The van der Waals surface area contributed by atoms with Crippen molar-refractivity contribution in [2.24, 2.45) is 0 Å². The first kappa shape index (κ1) is 21.6. The molecular formula is C25H23N3O3S. The maximum atomic E-state index is 13.3. The molecule has 162 valence electrons. The van der Waals surface area contributed by atoms with E-state index in [1.807, 2.05) is 62.4 Å². The number of anilines is 1. The van der Waals surface area contributed by atoms with Gasteiger partial charge in [0.05, 0.1) is 29.0 Å². The first-order valence-corrected chi connectivity index (χ1v) is 11.3. The van der Waals surface area contributed by atoms with Gasteiger partial charge >= 0.3 is 0 Å². The van der Waals surface area contributed by atoms with Gasteiger partial charge in [-0.15, -0.1) is 0 Å². The van der Waals surface area contributed by atoms with E-state index in [1.165, 1.54) is 11.8 Å². The van der Waals surface area contributed by atoms with Gasteiger partial charge in [-0.1, -0.05) is 36.0 Å². The molecule has 7 heteroatoms. The van der Waals surface area contributed by atoms with Crippen LogP contribution in [-0.4, -0.2) is 27.8 Å². The lowest BCUT2D eigenvalue weighted by molar-refractivity contribution is -0.113. The topological polar surface area (TPSA) is 73.2 Å². The fourth-order valence-electron chi connectivity index (χ4n) is 3.33. The van der Waals surface area contributed by atoms with Crippen LogP contribution >= 0.6 is 11.8 Å². The maximum absolute atomic E-state index is 13.3. The molecule has 0 radical (unpaired) electrons. The van der Waals surface area contributed by atoms with Crippen LogP contribution in [0.3, 0.4) is 0 Å². The number of rotatable bonds is 7. The number of carbonyl (C=O) groups is 1. The average Bonchev–Trinajstić information content (AvgIpc) is 2.79. The van der Waals surface area contributed by atoms with E-state index in [-0.39, 0.29) is 17.2 Å². The van der Waals surface area contributed by atoms with Crippen molar-refractivity contribution < 1.29 is 9.53 Å². The van der Waals surface area contributed by atoms with Crippen LogP contribution in [0.2, 0.25) is 0 Å². The summed E-state index contributed by atoms with van der Waals surface area (Å²) in [5, 5.41) is 3.88. The molecule has 0 spiro atoms. The summed E-state index contributed by atoms with van der Waals surface area (Å²) in [5.41, 5.74) is 2.89. The fourth-order valence-corrected chi connectivity index (χ4v) is 4.14. The molecule has 0 bridgehead atoms. The zero-order valence-electron chi connectivity index (χ0n) is 17.9. The van der Waals surface area contributed by atoms with E-state index in [1.54, 1.807) is 28.8 Å². The van der Waals surface area contributed by atoms with Crippen molar-refractivity contribution in [2.75, 3.05) is 17.7 Å². The van der Waals surface area contributed by atoms with E-state index in [0.29, 0.717) is 28.4 Å². The van der Waals surface area contributed by atoms with Crippen LogP contribution in [-0.2, 0) is 4.79 Å². The Morgan fingerprint density at radius 3 is 2.59 bits per heavy atom. The number of para-hydroxylation sites is 1. The fraction of sp³-hybridized carbons (Fsp3) is 0.160. The minimum absolute atomic E-state index is 0.115. The molecule has 4 rings (SSSR count). The highest BCUT2D eigenvalue weighted by molar-refractivity contribution is 7.99. The highest BCUT2D eigenvalue weighted by Gasteiger charge is 2.15. The van der Waals surface area contributed by atoms with Crippen molar-refractivity contribution in [1.82, 2.24) is 9.55 Å². The van der Waals surface area contributed by atoms with E-state index in [0.717, 1.165) is 17.0 Å². The zero-order chi connectivity index (χ0) is 22.5. The number of nitrogens with one attached hydrogen (secondary N) is 1. The summed E-state index contributed by atoms with van der Waals surface area (Å²) in [6.45, 7) is 4.48. The molecule has 0 unspecified atom stereocenters. The Morgan fingerprint density at radius 1 is 1.06 bits per heavy atom. The van der Waals surface area contributed by atoms with Gasteiger partial charge in [0.2, 0.25) is 5.91 Å². The molecule has 0 fully saturated rings. The lowest BCUT2D eigenvalue weighted by Crippen LogP contribution is -2.23. The quantitative estimate of drug-likeness (QED) is 0.326. The molecule has 0 saturated carbocycles. The van der Waals surface area contributed by atoms with Crippen molar-refractivity contribution in [3.05, 3.63) is 88.7 Å². The van der Waals surface area contributed by atoms with Gasteiger partial charge in [0.15, 0.2) is 5.16 Å². The van der Waals surface area contributed by atoms with Crippen LogP contribution in [0, 0.1) is 6.92 Å². The van der Waals surface area contributed by atoms with Gasteiger partial charge in [0, 0.05) is 5.69 Å². The molecule has 1 N–H and O–H groups in total. The Bertz CT molecular complexity index is 1320. The van der Waals surface area contributed by atoms with E-state index < -0.39 is 0 Å².